The molecule has 0 saturated heterocycles. The first-order valence-corrected chi connectivity index (χ1v) is 7.37. The van der Waals surface area contributed by atoms with E-state index in [0.29, 0.717) is 24.7 Å². The van der Waals surface area contributed by atoms with Gasteiger partial charge in [0.2, 0.25) is 0 Å². The standard InChI is InChI=1S/C17H20ClNO2/c1-13(20)10-19-11-14-5-4-7-16(9-14)21-12-15-6-2-3-8-17(15)18/h2-9,13,19-20H,10-12H2,1H3/t13-/m1/s1. The number of halogens is 1. The van der Waals surface area contributed by atoms with Crippen molar-refractivity contribution < 1.29 is 9.84 Å². The van der Waals surface area contributed by atoms with Crippen molar-refractivity contribution in [1.82, 2.24) is 5.32 Å². The largest absolute Gasteiger partial charge is 0.489 e. The van der Waals surface area contributed by atoms with E-state index in [0.717, 1.165) is 16.9 Å². The fraction of sp³-hybridized carbons (Fsp3) is 0.294. The number of nitrogens with one attached hydrogen (secondary N) is 1. The molecule has 2 aromatic rings. The summed E-state index contributed by atoms with van der Waals surface area (Å²) in [5.41, 5.74) is 2.09. The van der Waals surface area contributed by atoms with Crippen LogP contribution in [0.5, 0.6) is 5.75 Å². The van der Waals surface area contributed by atoms with Crippen molar-refractivity contribution in [2.45, 2.75) is 26.2 Å². The van der Waals surface area contributed by atoms with Gasteiger partial charge < -0.3 is 15.2 Å². The summed E-state index contributed by atoms with van der Waals surface area (Å²) in [6, 6.07) is 15.6. The van der Waals surface area contributed by atoms with Gasteiger partial charge >= 0.3 is 0 Å². The quantitative estimate of drug-likeness (QED) is 0.824. The number of hydrogen-bond acceptors (Lipinski definition) is 3. The second-order valence-corrected chi connectivity index (χ2v) is 5.41. The molecule has 2 rings (SSSR count). The van der Waals surface area contributed by atoms with Gasteiger partial charge in [-0.25, -0.2) is 0 Å². The minimum atomic E-state index is -0.343. The van der Waals surface area contributed by atoms with Crippen LogP contribution in [0, 0.1) is 0 Å². The number of ether oxygens (including phenoxy) is 1. The molecule has 0 radical (unpaired) electrons. The predicted octanol–water partition coefficient (Wildman–Crippen LogP) is 3.39. The molecule has 0 unspecified atom stereocenters. The summed E-state index contributed by atoms with van der Waals surface area (Å²) >= 11 is 6.11. The van der Waals surface area contributed by atoms with Gasteiger partial charge in [0, 0.05) is 23.7 Å². The van der Waals surface area contributed by atoms with Gasteiger partial charge in [-0.2, -0.15) is 0 Å². The van der Waals surface area contributed by atoms with E-state index in [1.807, 2.05) is 48.5 Å². The molecule has 1 atom stereocenters. The van der Waals surface area contributed by atoms with E-state index in [1.165, 1.54) is 0 Å². The van der Waals surface area contributed by atoms with Crippen molar-refractivity contribution in [2.24, 2.45) is 0 Å². The summed E-state index contributed by atoms with van der Waals surface area (Å²) in [6.45, 7) is 3.49. The van der Waals surface area contributed by atoms with Crippen molar-refractivity contribution in [2.75, 3.05) is 6.54 Å². The molecule has 0 saturated carbocycles. The molecule has 3 nitrogen and oxygen atoms in total. The molecule has 0 aliphatic carbocycles. The smallest absolute Gasteiger partial charge is 0.120 e. The lowest BCUT2D eigenvalue weighted by Crippen LogP contribution is -2.23. The summed E-state index contributed by atoms with van der Waals surface area (Å²) in [7, 11) is 0. The maximum Gasteiger partial charge on any atom is 0.120 e. The molecule has 0 aliphatic heterocycles. The van der Waals surface area contributed by atoms with Gasteiger partial charge in [-0.3, -0.25) is 0 Å². The summed E-state index contributed by atoms with van der Waals surface area (Å²) in [5.74, 6) is 0.811. The van der Waals surface area contributed by atoms with E-state index in [2.05, 4.69) is 5.32 Å². The molecular formula is C17H20ClNO2. The van der Waals surface area contributed by atoms with E-state index in [-0.39, 0.29) is 6.10 Å². The Hall–Kier alpha value is -1.55. The lowest BCUT2D eigenvalue weighted by molar-refractivity contribution is 0.191. The predicted molar refractivity (Wildman–Crippen MR) is 85.6 cm³/mol. The van der Waals surface area contributed by atoms with E-state index in [4.69, 9.17) is 16.3 Å². The Kier molecular flexibility index (Phi) is 6.05. The van der Waals surface area contributed by atoms with Crippen LogP contribution in [0.3, 0.4) is 0 Å². The maximum atomic E-state index is 9.22. The Labute approximate surface area is 130 Å². The number of benzene rings is 2. The molecule has 0 heterocycles. The molecule has 21 heavy (non-hydrogen) atoms. The molecule has 0 aliphatic rings. The maximum absolute atomic E-state index is 9.22. The molecule has 0 amide bonds. The minimum absolute atomic E-state index is 0.343. The normalized spacial score (nSPS) is 12.1. The van der Waals surface area contributed by atoms with E-state index in [9.17, 15) is 5.11 Å². The second kappa shape index (κ2) is 8.03. The van der Waals surface area contributed by atoms with Gasteiger partial charge in [0.25, 0.3) is 0 Å². The number of hydrogen-bond donors (Lipinski definition) is 2. The Morgan fingerprint density at radius 1 is 1.19 bits per heavy atom. The SMILES string of the molecule is C[C@@H](O)CNCc1cccc(OCc2ccccc2Cl)c1. The van der Waals surface area contributed by atoms with Crippen molar-refractivity contribution >= 4 is 11.6 Å². The summed E-state index contributed by atoms with van der Waals surface area (Å²) in [4.78, 5) is 0. The topological polar surface area (TPSA) is 41.5 Å². The highest BCUT2D eigenvalue weighted by Gasteiger charge is 2.02. The van der Waals surface area contributed by atoms with Crippen molar-refractivity contribution in [3.05, 3.63) is 64.7 Å². The molecule has 4 heteroatoms. The second-order valence-electron chi connectivity index (χ2n) is 5.01. The number of aliphatic hydroxyl groups is 1. The minimum Gasteiger partial charge on any atom is -0.489 e. The van der Waals surface area contributed by atoms with Crippen LogP contribution in [-0.4, -0.2) is 17.8 Å². The van der Waals surface area contributed by atoms with Crippen molar-refractivity contribution in [3.63, 3.8) is 0 Å². The summed E-state index contributed by atoms with van der Waals surface area (Å²) in [6.07, 6.45) is -0.343. The summed E-state index contributed by atoms with van der Waals surface area (Å²) < 4.78 is 5.78. The van der Waals surface area contributed by atoms with Crippen molar-refractivity contribution in [3.8, 4) is 5.75 Å². The first-order valence-electron chi connectivity index (χ1n) is 6.99. The molecular weight excluding hydrogens is 286 g/mol. The average molecular weight is 306 g/mol. The van der Waals surface area contributed by atoms with Crippen LogP contribution in [0.15, 0.2) is 48.5 Å². The molecule has 112 valence electrons. The molecule has 0 bridgehead atoms. The highest BCUT2D eigenvalue weighted by Crippen LogP contribution is 2.19. The zero-order chi connectivity index (χ0) is 15.1. The first kappa shape index (κ1) is 15.8. The van der Waals surface area contributed by atoms with Crippen LogP contribution in [0.1, 0.15) is 18.1 Å². The van der Waals surface area contributed by atoms with Crippen LogP contribution >= 0.6 is 11.6 Å². The van der Waals surface area contributed by atoms with Crippen LogP contribution in [0.25, 0.3) is 0 Å². The Morgan fingerprint density at radius 3 is 2.76 bits per heavy atom. The van der Waals surface area contributed by atoms with Gasteiger partial charge in [-0.05, 0) is 30.7 Å². The number of rotatable bonds is 7. The van der Waals surface area contributed by atoms with Crippen molar-refractivity contribution in [1.29, 1.82) is 0 Å². The van der Waals surface area contributed by atoms with Crippen LogP contribution in [0.2, 0.25) is 5.02 Å². The highest BCUT2D eigenvalue weighted by atomic mass is 35.5. The Bertz CT molecular complexity index is 572. The Balaban J connectivity index is 1.90. The van der Waals surface area contributed by atoms with Gasteiger partial charge in [-0.15, -0.1) is 0 Å². The summed E-state index contributed by atoms with van der Waals surface area (Å²) in [5, 5.41) is 13.1. The zero-order valence-corrected chi connectivity index (χ0v) is 12.8. The third-order valence-electron chi connectivity index (χ3n) is 3.02. The van der Waals surface area contributed by atoms with Gasteiger partial charge in [-0.1, -0.05) is 41.9 Å². The van der Waals surface area contributed by atoms with Gasteiger partial charge in [0.15, 0.2) is 0 Å². The average Bonchev–Trinajstić information content (AvgIpc) is 2.46. The third kappa shape index (κ3) is 5.38. The van der Waals surface area contributed by atoms with E-state index >= 15 is 0 Å². The van der Waals surface area contributed by atoms with Crippen LogP contribution in [-0.2, 0) is 13.2 Å². The molecule has 0 aromatic heterocycles. The number of aliphatic hydroxyl groups excluding tert-OH is 1. The monoisotopic (exact) mass is 305 g/mol. The fourth-order valence-electron chi connectivity index (χ4n) is 1.95. The molecule has 0 spiro atoms. The molecule has 2 aromatic carbocycles. The highest BCUT2D eigenvalue weighted by molar-refractivity contribution is 6.31. The van der Waals surface area contributed by atoms with Gasteiger partial charge in [0.05, 0.1) is 6.10 Å². The molecule has 2 N–H and O–H groups in total. The fourth-order valence-corrected chi connectivity index (χ4v) is 2.14. The zero-order valence-electron chi connectivity index (χ0n) is 12.1. The Morgan fingerprint density at radius 2 is 2.00 bits per heavy atom. The van der Waals surface area contributed by atoms with Crippen LogP contribution < -0.4 is 10.1 Å². The van der Waals surface area contributed by atoms with E-state index in [1.54, 1.807) is 6.92 Å². The third-order valence-corrected chi connectivity index (χ3v) is 3.39. The molecule has 0 fully saturated rings. The van der Waals surface area contributed by atoms with Gasteiger partial charge in [0.1, 0.15) is 12.4 Å². The lowest BCUT2D eigenvalue weighted by Gasteiger charge is -2.10. The van der Waals surface area contributed by atoms with E-state index < -0.39 is 0 Å². The first-order chi connectivity index (χ1) is 10.1. The lowest BCUT2D eigenvalue weighted by atomic mass is 10.2. The van der Waals surface area contributed by atoms with Crippen LogP contribution in [0.4, 0.5) is 0 Å².